The third kappa shape index (κ3) is 4.12. The maximum atomic E-state index is 9.56. The Bertz CT molecular complexity index is 406. The van der Waals surface area contributed by atoms with Crippen molar-refractivity contribution >= 4 is 5.95 Å². The number of nitrogens with one attached hydrogen (secondary N) is 1. The van der Waals surface area contributed by atoms with Crippen molar-refractivity contribution in [1.82, 2.24) is 15.3 Å². The minimum Gasteiger partial charge on any atom is -0.394 e. The molecule has 6 heteroatoms. The molecule has 0 amide bonds. The Morgan fingerprint density at radius 1 is 1.24 bits per heavy atom. The SMILES string of the molecule is CCC(CC)(CO)NCc1cnc(N2CCOCC2)nc1. The Kier molecular flexibility index (Phi) is 5.90. The van der Waals surface area contributed by atoms with Gasteiger partial charge in [-0.05, 0) is 12.8 Å². The standard InChI is InChI=1S/C15H26N4O2/c1-3-15(4-2,12-20)18-11-13-9-16-14(17-10-13)19-5-7-21-8-6-19/h9-10,18,20H,3-8,11-12H2,1-2H3. The van der Waals surface area contributed by atoms with Crippen molar-refractivity contribution in [3.8, 4) is 0 Å². The average Bonchev–Trinajstić information content (AvgIpc) is 2.58. The zero-order valence-electron chi connectivity index (χ0n) is 13.0. The number of aliphatic hydroxyl groups is 1. The third-order valence-corrected chi connectivity index (χ3v) is 4.31. The maximum Gasteiger partial charge on any atom is 0.225 e. The lowest BCUT2D eigenvalue weighted by atomic mass is 9.94. The smallest absolute Gasteiger partial charge is 0.225 e. The van der Waals surface area contributed by atoms with Gasteiger partial charge in [0, 0.05) is 43.1 Å². The molecule has 118 valence electrons. The highest BCUT2D eigenvalue weighted by Gasteiger charge is 2.24. The lowest BCUT2D eigenvalue weighted by Gasteiger charge is -2.31. The van der Waals surface area contributed by atoms with Crippen molar-refractivity contribution in [2.24, 2.45) is 0 Å². The molecule has 1 aliphatic rings. The molecule has 0 radical (unpaired) electrons. The van der Waals surface area contributed by atoms with Crippen LogP contribution in [0.5, 0.6) is 0 Å². The van der Waals surface area contributed by atoms with Gasteiger partial charge < -0.3 is 20.1 Å². The second kappa shape index (κ2) is 7.68. The summed E-state index contributed by atoms with van der Waals surface area (Å²) in [6.45, 7) is 8.15. The first-order valence-corrected chi connectivity index (χ1v) is 7.72. The van der Waals surface area contributed by atoms with Crippen molar-refractivity contribution in [2.45, 2.75) is 38.8 Å². The summed E-state index contributed by atoms with van der Waals surface area (Å²) in [5, 5.41) is 13.0. The monoisotopic (exact) mass is 294 g/mol. The number of anilines is 1. The van der Waals surface area contributed by atoms with Gasteiger partial charge in [-0.3, -0.25) is 0 Å². The fraction of sp³-hybridized carbons (Fsp3) is 0.733. The molecule has 0 unspecified atom stereocenters. The Labute approximate surface area is 126 Å². The van der Waals surface area contributed by atoms with E-state index in [0.29, 0.717) is 6.54 Å². The summed E-state index contributed by atoms with van der Waals surface area (Å²) in [5.74, 6) is 0.765. The zero-order valence-corrected chi connectivity index (χ0v) is 13.0. The molecule has 0 atom stereocenters. The van der Waals surface area contributed by atoms with E-state index in [1.54, 1.807) is 0 Å². The molecule has 0 aliphatic carbocycles. The number of hydrogen-bond donors (Lipinski definition) is 2. The van der Waals surface area contributed by atoms with Crippen molar-refractivity contribution in [3.05, 3.63) is 18.0 Å². The molecular formula is C15H26N4O2. The fourth-order valence-corrected chi connectivity index (χ4v) is 2.43. The molecule has 2 heterocycles. The first kappa shape index (κ1) is 16.1. The van der Waals surface area contributed by atoms with Crippen LogP contribution in [0.3, 0.4) is 0 Å². The van der Waals surface area contributed by atoms with Gasteiger partial charge in [-0.15, -0.1) is 0 Å². The second-order valence-corrected chi connectivity index (χ2v) is 5.49. The van der Waals surface area contributed by atoms with Crippen LogP contribution in [0.15, 0.2) is 12.4 Å². The summed E-state index contributed by atoms with van der Waals surface area (Å²) in [4.78, 5) is 11.0. The molecule has 0 saturated carbocycles. The Balaban J connectivity index is 1.92. The van der Waals surface area contributed by atoms with Crippen LogP contribution in [-0.4, -0.2) is 53.5 Å². The average molecular weight is 294 g/mol. The molecule has 0 spiro atoms. The van der Waals surface area contributed by atoms with E-state index in [9.17, 15) is 5.11 Å². The van der Waals surface area contributed by atoms with Gasteiger partial charge in [0.05, 0.1) is 19.8 Å². The van der Waals surface area contributed by atoms with E-state index >= 15 is 0 Å². The molecule has 1 saturated heterocycles. The van der Waals surface area contributed by atoms with Crippen LogP contribution in [0.25, 0.3) is 0 Å². The maximum absolute atomic E-state index is 9.56. The molecule has 2 N–H and O–H groups in total. The Hall–Kier alpha value is -1.24. The van der Waals surface area contributed by atoms with E-state index in [0.717, 1.165) is 50.7 Å². The minimum atomic E-state index is -0.205. The predicted molar refractivity (Wildman–Crippen MR) is 82.3 cm³/mol. The van der Waals surface area contributed by atoms with Crippen molar-refractivity contribution < 1.29 is 9.84 Å². The highest BCUT2D eigenvalue weighted by atomic mass is 16.5. The first-order chi connectivity index (χ1) is 10.2. The van der Waals surface area contributed by atoms with Gasteiger partial charge in [-0.1, -0.05) is 13.8 Å². The number of hydrogen-bond acceptors (Lipinski definition) is 6. The predicted octanol–water partition coefficient (Wildman–Crippen LogP) is 0.954. The number of aliphatic hydroxyl groups excluding tert-OH is 1. The topological polar surface area (TPSA) is 70.5 Å². The quantitative estimate of drug-likeness (QED) is 0.780. The number of rotatable bonds is 7. The molecule has 0 aromatic carbocycles. The molecule has 0 bridgehead atoms. The summed E-state index contributed by atoms with van der Waals surface area (Å²) in [6, 6.07) is 0. The van der Waals surface area contributed by atoms with Gasteiger partial charge in [0.25, 0.3) is 0 Å². The van der Waals surface area contributed by atoms with Crippen LogP contribution in [0.1, 0.15) is 32.3 Å². The lowest BCUT2D eigenvalue weighted by molar-refractivity contribution is 0.122. The molecule has 2 rings (SSSR count). The summed E-state index contributed by atoms with van der Waals surface area (Å²) >= 11 is 0. The van der Waals surface area contributed by atoms with Crippen LogP contribution in [0.2, 0.25) is 0 Å². The van der Waals surface area contributed by atoms with Crippen molar-refractivity contribution in [3.63, 3.8) is 0 Å². The Morgan fingerprint density at radius 2 is 1.86 bits per heavy atom. The molecule has 1 fully saturated rings. The lowest BCUT2D eigenvalue weighted by Crippen LogP contribution is -2.47. The molecule has 1 aliphatic heterocycles. The van der Waals surface area contributed by atoms with E-state index in [2.05, 4.69) is 34.0 Å². The van der Waals surface area contributed by atoms with Gasteiger partial charge in [0.1, 0.15) is 0 Å². The molecule has 6 nitrogen and oxygen atoms in total. The molecule has 21 heavy (non-hydrogen) atoms. The van der Waals surface area contributed by atoms with Gasteiger partial charge in [0.15, 0.2) is 0 Å². The van der Waals surface area contributed by atoms with Crippen LogP contribution in [0.4, 0.5) is 5.95 Å². The van der Waals surface area contributed by atoms with Crippen LogP contribution in [-0.2, 0) is 11.3 Å². The second-order valence-electron chi connectivity index (χ2n) is 5.49. The van der Waals surface area contributed by atoms with Crippen LogP contribution < -0.4 is 10.2 Å². The number of nitrogens with zero attached hydrogens (tertiary/aromatic N) is 3. The highest BCUT2D eigenvalue weighted by Crippen LogP contribution is 2.15. The van der Waals surface area contributed by atoms with Crippen molar-refractivity contribution in [2.75, 3.05) is 37.8 Å². The summed E-state index contributed by atoms with van der Waals surface area (Å²) < 4.78 is 5.33. The van der Waals surface area contributed by atoms with Crippen molar-refractivity contribution in [1.29, 1.82) is 0 Å². The van der Waals surface area contributed by atoms with E-state index in [1.807, 2.05) is 12.4 Å². The normalized spacial score (nSPS) is 16.2. The van der Waals surface area contributed by atoms with Gasteiger partial charge in [0.2, 0.25) is 5.95 Å². The van der Waals surface area contributed by atoms with Crippen LogP contribution >= 0.6 is 0 Å². The fourth-order valence-electron chi connectivity index (χ4n) is 2.43. The summed E-state index contributed by atoms with van der Waals surface area (Å²) in [5.41, 5.74) is 0.829. The summed E-state index contributed by atoms with van der Waals surface area (Å²) in [6.07, 6.45) is 5.51. The molecule has 1 aromatic rings. The minimum absolute atomic E-state index is 0.146. The van der Waals surface area contributed by atoms with Gasteiger partial charge >= 0.3 is 0 Å². The highest BCUT2D eigenvalue weighted by molar-refractivity contribution is 5.30. The Morgan fingerprint density at radius 3 is 2.38 bits per heavy atom. The molecular weight excluding hydrogens is 268 g/mol. The van der Waals surface area contributed by atoms with E-state index in [1.165, 1.54) is 0 Å². The van der Waals surface area contributed by atoms with E-state index in [-0.39, 0.29) is 12.1 Å². The third-order valence-electron chi connectivity index (χ3n) is 4.31. The summed E-state index contributed by atoms with van der Waals surface area (Å²) in [7, 11) is 0. The van der Waals surface area contributed by atoms with E-state index < -0.39 is 0 Å². The zero-order chi connectivity index (χ0) is 15.1. The van der Waals surface area contributed by atoms with Gasteiger partial charge in [-0.25, -0.2) is 9.97 Å². The first-order valence-electron chi connectivity index (χ1n) is 7.72. The number of morpholine rings is 1. The largest absolute Gasteiger partial charge is 0.394 e. The van der Waals surface area contributed by atoms with Crippen LogP contribution in [0, 0.1) is 0 Å². The van der Waals surface area contributed by atoms with Gasteiger partial charge in [-0.2, -0.15) is 0 Å². The number of ether oxygens (including phenoxy) is 1. The molecule has 1 aromatic heterocycles. The number of aromatic nitrogens is 2. The van der Waals surface area contributed by atoms with E-state index in [4.69, 9.17) is 4.74 Å².